The Morgan fingerprint density at radius 3 is 2.44 bits per heavy atom. The van der Waals surface area contributed by atoms with Gasteiger partial charge in [-0.3, -0.25) is 0 Å². The Morgan fingerprint density at radius 2 is 2.00 bits per heavy atom. The number of nitrogens with one attached hydrogen (secondary N) is 1. The molecule has 0 heterocycles. The van der Waals surface area contributed by atoms with E-state index in [1.165, 1.54) is 0 Å². The van der Waals surface area contributed by atoms with Gasteiger partial charge in [-0.05, 0) is 12.3 Å². The number of carboxylic acids is 1. The Balaban J connectivity index is 3.98. The van der Waals surface area contributed by atoms with Gasteiger partial charge < -0.3 is 20.3 Å². The summed E-state index contributed by atoms with van der Waals surface area (Å²) in [6, 6.07) is -0.929. The van der Waals surface area contributed by atoms with Crippen molar-refractivity contribution in [3.05, 3.63) is 0 Å². The number of carbonyl (C=O) groups is 2. The highest BCUT2D eigenvalue weighted by molar-refractivity contribution is 5.79. The molecule has 0 spiro atoms. The van der Waals surface area contributed by atoms with Crippen molar-refractivity contribution in [2.24, 2.45) is 5.92 Å². The smallest absolute Gasteiger partial charge is 0.407 e. The first-order chi connectivity index (χ1) is 7.47. The Kier molecular flexibility index (Phi) is 7.28. The molecule has 0 aromatic carbocycles. The van der Waals surface area contributed by atoms with Gasteiger partial charge >= 0.3 is 12.1 Å². The van der Waals surface area contributed by atoms with Gasteiger partial charge in [-0.1, -0.05) is 13.8 Å². The van der Waals surface area contributed by atoms with Crippen LogP contribution in [0.2, 0.25) is 0 Å². The number of ether oxygens (including phenoxy) is 1. The van der Waals surface area contributed by atoms with E-state index in [4.69, 9.17) is 10.2 Å². The maximum Gasteiger partial charge on any atom is 0.407 e. The van der Waals surface area contributed by atoms with Gasteiger partial charge in [0.05, 0.1) is 6.61 Å². The SMILES string of the molecule is CC(C)C[C@H](NC(=O)OCCCO)C(=O)O. The third-order valence-electron chi connectivity index (χ3n) is 1.83. The van der Waals surface area contributed by atoms with Crippen LogP contribution in [0.5, 0.6) is 0 Å². The van der Waals surface area contributed by atoms with E-state index in [2.05, 4.69) is 10.1 Å². The highest BCUT2D eigenvalue weighted by atomic mass is 16.5. The van der Waals surface area contributed by atoms with Crippen molar-refractivity contribution in [3.63, 3.8) is 0 Å². The first-order valence-electron chi connectivity index (χ1n) is 5.24. The Morgan fingerprint density at radius 1 is 1.38 bits per heavy atom. The molecule has 0 saturated heterocycles. The van der Waals surface area contributed by atoms with Crippen LogP contribution in [-0.4, -0.2) is 41.5 Å². The van der Waals surface area contributed by atoms with Crippen molar-refractivity contribution in [2.45, 2.75) is 32.7 Å². The lowest BCUT2D eigenvalue weighted by molar-refractivity contribution is -0.139. The zero-order valence-corrected chi connectivity index (χ0v) is 9.60. The Hall–Kier alpha value is -1.30. The molecule has 16 heavy (non-hydrogen) atoms. The minimum atomic E-state index is -1.08. The zero-order valence-electron chi connectivity index (χ0n) is 9.60. The molecule has 0 aromatic heterocycles. The number of amides is 1. The van der Waals surface area contributed by atoms with Gasteiger partial charge in [0.2, 0.25) is 0 Å². The zero-order chi connectivity index (χ0) is 12.6. The van der Waals surface area contributed by atoms with Crippen molar-refractivity contribution >= 4 is 12.1 Å². The maximum atomic E-state index is 11.1. The molecule has 0 saturated carbocycles. The summed E-state index contributed by atoms with van der Waals surface area (Å²) in [6.07, 6.45) is -0.0683. The molecule has 1 atom stereocenters. The number of aliphatic hydroxyl groups is 1. The van der Waals surface area contributed by atoms with Crippen LogP contribution in [0.25, 0.3) is 0 Å². The standard InChI is InChI=1S/C10H19NO5/c1-7(2)6-8(9(13)14)11-10(15)16-5-3-4-12/h7-8,12H,3-6H2,1-2H3,(H,11,15)(H,13,14)/t8-/m0/s1. The third kappa shape index (κ3) is 7.05. The summed E-state index contributed by atoms with van der Waals surface area (Å²) in [5, 5.41) is 19.6. The van der Waals surface area contributed by atoms with Crippen LogP contribution in [0.1, 0.15) is 26.7 Å². The van der Waals surface area contributed by atoms with Crippen LogP contribution in [0.4, 0.5) is 4.79 Å². The minimum absolute atomic E-state index is 0.0678. The second-order valence-corrected chi connectivity index (χ2v) is 3.88. The van der Waals surface area contributed by atoms with Gasteiger partial charge in [-0.25, -0.2) is 9.59 Å². The molecule has 0 aliphatic rings. The molecular formula is C10H19NO5. The Labute approximate surface area is 94.6 Å². The van der Waals surface area contributed by atoms with Crippen LogP contribution in [0.15, 0.2) is 0 Å². The number of carboxylic acid groups (broad SMARTS) is 1. The van der Waals surface area contributed by atoms with Crippen molar-refractivity contribution < 1.29 is 24.5 Å². The van der Waals surface area contributed by atoms with E-state index in [0.29, 0.717) is 12.8 Å². The summed E-state index contributed by atoms with van der Waals surface area (Å²) in [7, 11) is 0. The molecule has 0 aliphatic heterocycles. The number of aliphatic hydroxyl groups excluding tert-OH is 1. The van der Waals surface area contributed by atoms with Gasteiger partial charge in [-0.15, -0.1) is 0 Å². The topological polar surface area (TPSA) is 95.9 Å². The van der Waals surface area contributed by atoms with Crippen LogP contribution < -0.4 is 5.32 Å². The van der Waals surface area contributed by atoms with E-state index < -0.39 is 18.1 Å². The molecule has 0 rings (SSSR count). The fourth-order valence-electron chi connectivity index (χ4n) is 1.11. The lowest BCUT2D eigenvalue weighted by Gasteiger charge is -2.16. The molecule has 0 aromatic rings. The molecule has 3 N–H and O–H groups in total. The first kappa shape index (κ1) is 14.7. The summed E-state index contributed by atoms with van der Waals surface area (Å²) in [5.41, 5.74) is 0. The molecular weight excluding hydrogens is 214 g/mol. The van der Waals surface area contributed by atoms with Gasteiger partial charge in [0, 0.05) is 13.0 Å². The maximum absolute atomic E-state index is 11.1. The monoisotopic (exact) mass is 233 g/mol. The number of hydrogen-bond acceptors (Lipinski definition) is 4. The van der Waals surface area contributed by atoms with Gasteiger partial charge in [-0.2, -0.15) is 0 Å². The second-order valence-electron chi connectivity index (χ2n) is 3.88. The van der Waals surface area contributed by atoms with Crippen LogP contribution in [-0.2, 0) is 9.53 Å². The number of rotatable bonds is 7. The summed E-state index contributed by atoms with van der Waals surface area (Å²) in [4.78, 5) is 21.9. The normalized spacial score (nSPS) is 12.2. The van der Waals surface area contributed by atoms with Crippen molar-refractivity contribution in [1.29, 1.82) is 0 Å². The van der Waals surface area contributed by atoms with Gasteiger partial charge in [0.25, 0.3) is 0 Å². The van der Waals surface area contributed by atoms with Gasteiger partial charge in [0.1, 0.15) is 6.04 Å². The number of carbonyl (C=O) groups excluding carboxylic acids is 1. The highest BCUT2D eigenvalue weighted by Gasteiger charge is 2.21. The van der Waals surface area contributed by atoms with Gasteiger partial charge in [0.15, 0.2) is 0 Å². The van der Waals surface area contributed by atoms with Crippen molar-refractivity contribution in [1.82, 2.24) is 5.32 Å². The number of alkyl carbamates (subject to hydrolysis) is 1. The molecule has 94 valence electrons. The van der Waals surface area contributed by atoms with E-state index in [-0.39, 0.29) is 19.1 Å². The molecule has 0 aliphatic carbocycles. The lowest BCUT2D eigenvalue weighted by Crippen LogP contribution is -2.42. The van der Waals surface area contributed by atoms with E-state index >= 15 is 0 Å². The molecule has 1 amide bonds. The summed E-state index contributed by atoms with van der Waals surface area (Å²) in [6.45, 7) is 3.75. The molecule has 6 nitrogen and oxygen atoms in total. The number of hydrogen-bond donors (Lipinski definition) is 3. The summed E-state index contributed by atoms with van der Waals surface area (Å²) in [5.74, 6) is -0.911. The second kappa shape index (κ2) is 7.92. The quantitative estimate of drug-likeness (QED) is 0.559. The largest absolute Gasteiger partial charge is 0.480 e. The molecule has 0 radical (unpaired) electrons. The molecule has 6 heteroatoms. The van der Waals surface area contributed by atoms with E-state index in [1.54, 1.807) is 0 Å². The first-order valence-corrected chi connectivity index (χ1v) is 5.24. The summed E-state index contributed by atoms with van der Waals surface area (Å²) < 4.78 is 4.67. The van der Waals surface area contributed by atoms with Crippen molar-refractivity contribution in [2.75, 3.05) is 13.2 Å². The third-order valence-corrected chi connectivity index (χ3v) is 1.83. The predicted octanol–water partition coefficient (Wildman–Crippen LogP) is 0.594. The van der Waals surface area contributed by atoms with E-state index in [1.807, 2.05) is 13.8 Å². The van der Waals surface area contributed by atoms with Crippen LogP contribution >= 0.6 is 0 Å². The fourth-order valence-corrected chi connectivity index (χ4v) is 1.11. The van der Waals surface area contributed by atoms with Crippen molar-refractivity contribution in [3.8, 4) is 0 Å². The molecule has 0 unspecified atom stereocenters. The average Bonchev–Trinajstić information content (AvgIpc) is 2.16. The predicted molar refractivity (Wildman–Crippen MR) is 57.1 cm³/mol. The fraction of sp³-hybridized carbons (Fsp3) is 0.800. The number of aliphatic carboxylic acids is 1. The van der Waals surface area contributed by atoms with Crippen LogP contribution in [0, 0.1) is 5.92 Å². The minimum Gasteiger partial charge on any atom is -0.480 e. The molecule has 0 bridgehead atoms. The lowest BCUT2D eigenvalue weighted by atomic mass is 10.0. The Bertz CT molecular complexity index is 229. The van der Waals surface area contributed by atoms with E-state index in [0.717, 1.165) is 0 Å². The van der Waals surface area contributed by atoms with E-state index in [9.17, 15) is 9.59 Å². The van der Waals surface area contributed by atoms with Crippen LogP contribution in [0.3, 0.4) is 0 Å². The summed E-state index contributed by atoms with van der Waals surface area (Å²) >= 11 is 0. The average molecular weight is 233 g/mol. The highest BCUT2D eigenvalue weighted by Crippen LogP contribution is 2.05. The molecule has 0 fully saturated rings.